The van der Waals surface area contributed by atoms with Crippen molar-refractivity contribution in [2.24, 2.45) is 0 Å². The molecule has 24 heavy (non-hydrogen) atoms. The van der Waals surface area contributed by atoms with Crippen LogP contribution in [0.15, 0.2) is 27.7 Å². The Bertz CT molecular complexity index is 880. The van der Waals surface area contributed by atoms with E-state index < -0.39 is 11.9 Å². The van der Waals surface area contributed by atoms with Crippen LogP contribution in [-0.2, 0) is 6.18 Å². The number of alkyl halides is 3. The molecule has 0 radical (unpaired) electrons. The molecule has 9 heteroatoms. The summed E-state index contributed by atoms with van der Waals surface area (Å²) in [5, 5.41) is 3.46. The molecule has 0 atom stereocenters. The van der Waals surface area contributed by atoms with Crippen molar-refractivity contribution in [3.05, 3.63) is 44.5 Å². The number of nitrogens with one attached hydrogen (secondary N) is 1. The highest BCUT2D eigenvalue weighted by Crippen LogP contribution is 2.33. The van der Waals surface area contributed by atoms with Gasteiger partial charge in [0.2, 0.25) is 0 Å². The van der Waals surface area contributed by atoms with Gasteiger partial charge >= 0.3 is 6.18 Å². The Labute approximate surface area is 144 Å². The minimum absolute atomic E-state index is 0.111. The standard InChI is InChI=1S/C13H8F3N3OS2.C2H6/c1-6-4-21-11(17-6)8-2-7(20)3-9(18-8)12-19-10(5-22-12)13(14,15)16;1-2/h2-5H,1H3,(H,18,20);1-2H3. The summed E-state index contributed by atoms with van der Waals surface area (Å²) in [7, 11) is 0. The molecule has 0 aliphatic carbocycles. The van der Waals surface area contributed by atoms with Gasteiger partial charge in [-0.3, -0.25) is 4.79 Å². The molecule has 4 nitrogen and oxygen atoms in total. The predicted octanol–water partition coefficient (Wildman–Crippen LogP) is 4.98. The summed E-state index contributed by atoms with van der Waals surface area (Å²) >= 11 is 2.18. The first kappa shape index (κ1) is 18.3. The van der Waals surface area contributed by atoms with E-state index in [1.165, 1.54) is 23.5 Å². The van der Waals surface area contributed by atoms with Crippen molar-refractivity contribution in [3.63, 3.8) is 0 Å². The summed E-state index contributed by atoms with van der Waals surface area (Å²) in [6, 6.07) is 2.59. The molecule has 3 aromatic rings. The minimum Gasteiger partial charge on any atom is -0.350 e. The second kappa shape index (κ2) is 7.27. The Hall–Kier alpha value is -2.00. The molecule has 0 aromatic carbocycles. The van der Waals surface area contributed by atoms with Gasteiger partial charge in [0.05, 0.1) is 11.4 Å². The van der Waals surface area contributed by atoms with Crippen LogP contribution in [0.4, 0.5) is 13.2 Å². The summed E-state index contributed by atoms with van der Waals surface area (Å²) < 4.78 is 37.8. The lowest BCUT2D eigenvalue weighted by molar-refractivity contribution is -0.140. The normalized spacial score (nSPS) is 11.1. The lowest BCUT2D eigenvalue weighted by Gasteiger charge is -2.02. The van der Waals surface area contributed by atoms with Crippen molar-refractivity contribution in [2.45, 2.75) is 26.9 Å². The molecule has 0 saturated heterocycles. The molecule has 0 aliphatic heterocycles. The maximum atomic E-state index is 12.6. The highest BCUT2D eigenvalue weighted by atomic mass is 32.1. The van der Waals surface area contributed by atoms with E-state index in [2.05, 4.69) is 15.0 Å². The van der Waals surface area contributed by atoms with Crippen LogP contribution in [0.25, 0.3) is 21.4 Å². The van der Waals surface area contributed by atoms with Crippen LogP contribution >= 0.6 is 22.7 Å². The molecule has 3 aromatic heterocycles. The maximum Gasteiger partial charge on any atom is 0.434 e. The molecule has 0 aliphatic rings. The molecular formula is C15H14F3N3OS2. The van der Waals surface area contributed by atoms with Gasteiger partial charge in [0.25, 0.3) is 0 Å². The molecule has 0 fully saturated rings. The zero-order chi connectivity index (χ0) is 17.9. The van der Waals surface area contributed by atoms with E-state index >= 15 is 0 Å². The van der Waals surface area contributed by atoms with E-state index in [0.29, 0.717) is 10.7 Å². The molecule has 128 valence electrons. The van der Waals surface area contributed by atoms with Gasteiger partial charge in [-0.1, -0.05) is 13.8 Å². The monoisotopic (exact) mass is 373 g/mol. The summed E-state index contributed by atoms with van der Waals surface area (Å²) in [4.78, 5) is 22.5. The molecular weight excluding hydrogens is 359 g/mol. The van der Waals surface area contributed by atoms with Gasteiger partial charge in [-0.05, 0) is 6.92 Å². The third-order valence-electron chi connectivity index (χ3n) is 2.72. The number of aromatic amines is 1. The Morgan fingerprint density at radius 3 is 2.00 bits per heavy atom. The number of rotatable bonds is 2. The van der Waals surface area contributed by atoms with E-state index in [-0.39, 0.29) is 16.1 Å². The summed E-state index contributed by atoms with van der Waals surface area (Å²) in [6.07, 6.45) is -4.50. The van der Waals surface area contributed by atoms with Crippen molar-refractivity contribution < 1.29 is 13.2 Å². The number of H-pyrrole nitrogens is 1. The minimum atomic E-state index is -4.50. The fourth-order valence-electron chi connectivity index (χ4n) is 1.78. The van der Waals surface area contributed by atoms with Gasteiger partial charge in [0.1, 0.15) is 10.0 Å². The quantitative estimate of drug-likeness (QED) is 0.689. The Balaban J connectivity index is 0.00000100. The SMILES string of the molecule is CC.Cc1csc(-c2cc(=O)cc(-c3nc(C(F)(F)F)cs3)[nH]2)n1. The van der Waals surface area contributed by atoms with Crippen LogP contribution in [-0.4, -0.2) is 15.0 Å². The lowest BCUT2D eigenvalue weighted by atomic mass is 10.3. The van der Waals surface area contributed by atoms with Crippen LogP contribution in [0.5, 0.6) is 0 Å². The highest BCUT2D eigenvalue weighted by molar-refractivity contribution is 7.13. The fraction of sp³-hybridized carbons (Fsp3) is 0.267. The fourth-order valence-corrected chi connectivity index (χ4v) is 3.35. The zero-order valence-corrected chi connectivity index (χ0v) is 14.7. The zero-order valence-electron chi connectivity index (χ0n) is 13.1. The highest BCUT2D eigenvalue weighted by Gasteiger charge is 2.33. The molecule has 0 unspecified atom stereocenters. The van der Waals surface area contributed by atoms with Crippen LogP contribution in [0.1, 0.15) is 25.2 Å². The molecule has 1 N–H and O–H groups in total. The first-order valence-electron chi connectivity index (χ1n) is 7.03. The van der Waals surface area contributed by atoms with Gasteiger partial charge in [-0.2, -0.15) is 13.2 Å². The molecule has 0 saturated carbocycles. The van der Waals surface area contributed by atoms with Crippen molar-refractivity contribution in [1.82, 2.24) is 15.0 Å². The molecule has 0 amide bonds. The van der Waals surface area contributed by atoms with E-state index in [1.807, 2.05) is 26.2 Å². The van der Waals surface area contributed by atoms with Crippen molar-refractivity contribution in [1.29, 1.82) is 0 Å². The number of pyridine rings is 1. The first-order chi connectivity index (χ1) is 11.3. The largest absolute Gasteiger partial charge is 0.434 e. The Kier molecular flexibility index (Phi) is 5.55. The third kappa shape index (κ3) is 4.09. The van der Waals surface area contributed by atoms with E-state index in [1.54, 1.807) is 0 Å². The van der Waals surface area contributed by atoms with Gasteiger partial charge in [0.15, 0.2) is 11.1 Å². The lowest BCUT2D eigenvalue weighted by Crippen LogP contribution is -2.05. The van der Waals surface area contributed by atoms with Crippen LogP contribution in [0.2, 0.25) is 0 Å². The Morgan fingerprint density at radius 2 is 1.54 bits per heavy atom. The summed E-state index contributed by atoms with van der Waals surface area (Å²) in [5.41, 5.74) is 0.226. The topological polar surface area (TPSA) is 58.6 Å². The number of hydrogen-bond donors (Lipinski definition) is 1. The van der Waals surface area contributed by atoms with E-state index in [9.17, 15) is 18.0 Å². The van der Waals surface area contributed by atoms with Crippen molar-refractivity contribution >= 4 is 22.7 Å². The average Bonchev–Trinajstić information content (AvgIpc) is 3.17. The third-order valence-corrected chi connectivity index (χ3v) is 4.59. The Morgan fingerprint density at radius 1 is 1.00 bits per heavy atom. The van der Waals surface area contributed by atoms with Crippen LogP contribution in [0, 0.1) is 6.92 Å². The van der Waals surface area contributed by atoms with Gasteiger partial charge in [-0.25, -0.2) is 9.97 Å². The second-order valence-corrected chi connectivity index (χ2v) is 6.19. The molecule has 3 rings (SSSR count). The number of hydrogen-bond acceptors (Lipinski definition) is 5. The average molecular weight is 373 g/mol. The van der Waals surface area contributed by atoms with E-state index in [4.69, 9.17) is 0 Å². The van der Waals surface area contributed by atoms with Gasteiger partial charge in [0, 0.05) is 28.6 Å². The number of nitrogens with zero attached hydrogens (tertiary/aromatic N) is 2. The van der Waals surface area contributed by atoms with Crippen molar-refractivity contribution in [2.75, 3.05) is 0 Å². The summed E-state index contributed by atoms with van der Waals surface area (Å²) in [5.74, 6) is 0. The number of thiazole rings is 2. The van der Waals surface area contributed by atoms with Gasteiger partial charge in [-0.15, -0.1) is 22.7 Å². The first-order valence-corrected chi connectivity index (χ1v) is 8.79. The maximum absolute atomic E-state index is 12.6. The van der Waals surface area contributed by atoms with Gasteiger partial charge < -0.3 is 4.98 Å². The van der Waals surface area contributed by atoms with E-state index in [0.717, 1.165) is 22.4 Å². The molecule has 0 bridgehead atoms. The van der Waals surface area contributed by atoms with Crippen LogP contribution in [0.3, 0.4) is 0 Å². The number of aryl methyl sites for hydroxylation is 1. The number of halogens is 3. The predicted molar refractivity (Wildman–Crippen MR) is 90.4 cm³/mol. The smallest absolute Gasteiger partial charge is 0.350 e. The molecule has 0 spiro atoms. The number of aromatic nitrogens is 3. The second-order valence-electron chi connectivity index (χ2n) is 4.47. The van der Waals surface area contributed by atoms with Crippen molar-refractivity contribution in [3.8, 4) is 21.4 Å². The molecule has 3 heterocycles. The summed E-state index contributed by atoms with van der Waals surface area (Å²) in [6.45, 7) is 5.82. The van der Waals surface area contributed by atoms with Crippen LogP contribution < -0.4 is 5.43 Å².